The number of hydrogen-bond donors (Lipinski definition) is 1. The van der Waals surface area contributed by atoms with E-state index in [4.69, 9.17) is 31.5 Å². The molecule has 2 heterocycles. The van der Waals surface area contributed by atoms with Crippen molar-refractivity contribution in [2.24, 2.45) is 23.5 Å². The average Bonchev–Trinajstić information content (AvgIpc) is 3.69. The van der Waals surface area contributed by atoms with Gasteiger partial charge in [0.05, 0.1) is 30.5 Å². The average molecular weight is 646 g/mol. The highest BCUT2D eigenvalue weighted by Gasteiger charge is 2.61. The van der Waals surface area contributed by atoms with Crippen LogP contribution in [-0.4, -0.2) is 74.8 Å². The summed E-state index contributed by atoms with van der Waals surface area (Å²) in [5.74, 6) is 0.0667. The number of likely N-dealkylation sites (N-methyl/N-ethyl adjacent to an activating group) is 1. The van der Waals surface area contributed by atoms with Crippen molar-refractivity contribution in [2.45, 2.75) is 96.6 Å². The molecule has 10 heteroatoms. The number of methoxy groups -OCH3 is 1. The zero-order valence-corrected chi connectivity index (χ0v) is 29.1. The first-order valence-corrected chi connectivity index (χ1v) is 16.2. The second kappa shape index (κ2) is 15.2. The van der Waals surface area contributed by atoms with Crippen LogP contribution < -0.4 is 15.4 Å². The maximum atomic E-state index is 14.0. The van der Waals surface area contributed by atoms with Gasteiger partial charge >= 0.3 is 0 Å². The SMILES string of the molecule is CCC1C[C@](N)(OC=O)C/C=C/C=C(\C)Cc2cc(OC)c(Cl)c(c2)N(C)C(=O)C[C@H](CC(=O)C(C)N(C)C)C2(C)OC2[C@@H]1C. The molecular formula is C35H52ClN3O6. The summed E-state index contributed by atoms with van der Waals surface area (Å²) in [4.78, 5) is 42.4. The third-order valence-electron chi connectivity index (χ3n) is 9.94. The van der Waals surface area contributed by atoms with E-state index in [9.17, 15) is 14.4 Å². The first kappa shape index (κ1) is 36.7. The van der Waals surface area contributed by atoms with E-state index in [1.165, 1.54) is 0 Å². The van der Waals surface area contributed by atoms with Crippen molar-refractivity contribution in [3.63, 3.8) is 0 Å². The van der Waals surface area contributed by atoms with Crippen LogP contribution in [-0.2, 0) is 30.3 Å². The molecule has 0 radical (unpaired) electrons. The maximum absolute atomic E-state index is 14.0. The first-order chi connectivity index (χ1) is 21.1. The Kier molecular flexibility index (Phi) is 12.4. The number of allylic oxidation sites excluding steroid dienone is 3. The van der Waals surface area contributed by atoms with Crippen LogP contribution in [0.1, 0.15) is 72.3 Å². The van der Waals surface area contributed by atoms with Gasteiger partial charge in [-0.25, -0.2) is 0 Å². The Hall–Kier alpha value is -2.72. The molecule has 1 fully saturated rings. The van der Waals surface area contributed by atoms with Crippen LogP contribution in [0.4, 0.5) is 5.69 Å². The predicted molar refractivity (Wildman–Crippen MR) is 178 cm³/mol. The Morgan fingerprint density at radius 1 is 1.33 bits per heavy atom. The molecule has 2 aliphatic rings. The lowest BCUT2D eigenvalue weighted by Crippen LogP contribution is -2.45. The number of hydrogen-bond acceptors (Lipinski definition) is 8. The second-order valence-electron chi connectivity index (χ2n) is 13.3. The number of halogens is 1. The molecule has 0 spiro atoms. The van der Waals surface area contributed by atoms with Gasteiger partial charge in [0.2, 0.25) is 5.91 Å². The second-order valence-corrected chi connectivity index (χ2v) is 13.7. The highest BCUT2D eigenvalue weighted by atomic mass is 35.5. The minimum absolute atomic E-state index is 0.0264. The molecular weight excluding hydrogens is 594 g/mol. The minimum atomic E-state index is -1.18. The van der Waals surface area contributed by atoms with Crippen LogP contribution in [0.3, 0.4) is 0 Å². The zero-order chi connectivity index (χ0) is 33.7. The number of nitrogens with two attached hydrogens (primary N) is 1. The van der Waals surface area contributed by atoms with E-state index in [2.05, 4.69) is 13.8 Å². The number of nitrogens with zero attached hydrogens (tertiary/aromatic N) is 2. The number of ether oxygens (including phenoxy) is 3. The Bertz CT molecular complexity index is 1300. The van der Waals surface area contributed by atoms with Crippen LogP contribution in [0, 0.1) is 17.8 Å². The fourth-order valence-corrected chi connectivity index (χ4v) is 6.85. The molecule has 0 aliphatic carbocycles. The van der Waals surface area contributed by atoms with Crippen LogP contribution >= 0.6 is 11.6 Å². The summed E-state index contributed by atoms with van der Waals surface area (Å²) in [5.41, 5.74) is 7.32. The van der Waals surface area contributed by atoms with Crippen molar-refractivity contribution < 1.29 is 28.6 Å². The van der Waals surface area contributed by atoms with E-state index in [0.29, 0.717) is 42.2 Å². The number of ketones is 1. The number of Topliss-reactive ketones (excluding diaryl/α,β-unsaturated/α-hetero) is 1. The van der Waals surface area contributed by atoms with Gasteiger partial charge in [0.25, 0.3) is 6.47 Å². The van der Waals surface area contributed by atoms with E-state index in [1.807, 2.05) is 70.1 Å². The topological polar surface area (TPSA) is 115 Å². The summed E-state index contributed by atoms with van der Waals surface area (Å²) >= 11 is 6.76. The van der Waals surface area contributed by atoms with Gasteiger partial charge in [-0.05, 0) is 70.8 Å². The quantitative estimate of drug-likeness (QED) is 0.217. The highest BCUT2D eigenvalue weighted by Crippen LogP contribution is 2.52. The van der Waals surface area contributed by atoms with Crippen LogP contribution in [0.25, 0.3) is 0 Å². The van der Waals surface area contributed by atoms with E-state index < -0.39 is 11.3 Å². The summed E-state index contributed by atoms with van der Waals surface area (Å²) in [6.45, 7) is 10.5. The molecule has 45 heavy (non-hydrogen) atoms. The van der Waals surface area contributed by atoms with Gasteiger partial charge in [-0.15, -0.1) is 0 Å². The molecule has 2 bridgehead atoms. The summed E-state index contributed by atoms with van der Waals surface area (Å²) in [6.07, 6.45) is 8.09. The summed E-state index contributed by atoms with van der Waals surface area (Å²) < 4.78 is 17.5. The Morgan fingerprint density at radius 2 is 2.02 bits per heavy atom. The number of fused-ring (bicyclic) bond motifs is 3. The van der Waals surface area contributed by atoms with Crippen molar-refractivity contribution in [2.75, 3.05) is 33.2 Å². The van der Waals surface area contributed by atoms with Crippen LogP contribution in [0.15, 0.2) is 35.9 Å². The van der Waals surface area contributed by atoms with Gasteiger partial charge in [0.15, 0.2) is 5.72 Å². The van der Waals surface area contributed by atoms with Crippen molar-refractivity contribution in [3.05, 3.63) is 46.5 Å². The van der Waals surface area contributed by atoms with Gasteiger partial charge in [0.1, 0.15) is 16.6 Å². The van der Waals surface area contributed by atoms with Crippen molar-refractivity contribution in [1.29, 1.82) is 0 Å². The maximum Gasteiger partial charge on any atom is 0.294 e. The van der Waals surface area contributed by atoms with Crippen LogP contribution in [0.2, 0.25) is 5.02 Å². The van der Waals surface area contributed by atoms with E-state index in [0.717, 1.165) is 17.6 Å². The fourth-order valence-electron chi connectivity index (χ4n) is 6.54. The van der Waals surface area contributed by atoms with Gasteiger partial charge in [-0.3, -0.25) is 25.0 Å². The Labute approximate surface area is 274 Å². The number of carbonyl (C=O) groups is 3. The summed E-state index contributed by atoms with van der Waals surface area (Å²) in [6, 6.07) is 3.46. The van der Waals surface area contributed by atoms with Gasteiger partial charge < -0.3 is 19.1 Å². The van der Waals surface area contributed by atoms with E-state index >= 15 is 0 Å². The lowest BCUT2D eigenvalue weighted by molar-refractivity contribution is -0.145. The summed E-state index contributed by atoms with van der Waals surface area (Å²) in [7, 11) is 7.00. The van der Waals surface area contributed by atoms with Crippen molar-refractivity contribution in [1.82, 2.24) is 4.90 Å². The Balaban J connectivity index is 2.11. The molecule has 9 nitrogen and oxygen atoms in total. The molecule has 2 aliphatic heterocycles. The zero-order valence-electron chi connectivity index (χ0n) is 28.4. The summed E-state index contributed by atoms with van der Waals surface area (Å²) in [5, 5.41) is 0.346. The molecule has 0 aromatic heterocycles. The number of amides is 1. The lowest BCUT2D eigenvalue weighted by Gasteiger charge is -2.33. The van der Waals surface area contributed by atoms with Crippen molar-refractivity contribution in [3.8, 4) is 5.75 Å². The molecule has 250 valence electrons. The molecule has 1 aromatic rings. The first-order valence-electron chi connectivity index (χ1n) is 15.8. The molecule has 1 amide bonds. The largest absolute Gasteiger partial charge is 0.495 e. The normalized spacial score (nSPS) is 32.2. The molecule has 0 saturated carbocycles. The van der Waals surface area contributed by atoms with Gasteiger partial charge in [-0.1, -0.05) is 55.7 Å². The smallest absolute Gasteiger partial charge is 0.294 e. The molecule has 7 atom stereocenters. The molecule has 1 saturated heterocycles. The number of rotatable bonds is 8. The van der Waals surface area contributed by atoms with Crippen molar-refractivity contribution >= 4 is 35.5 Å². The fraction of sp³-hybridized carbons (Fsp3) is 0.629. The number of carbonyl (C=O) groups excluding carboxylic acids is 3. The van der Waals surface area contributed by atoms with Crippen LogP contribution in [0.5, 0.6) is 5.75 Å². The number of benzene rings is 1. The molecule has 1 aromatic carbocycles. The molecule has 2 N–H and O–H groups in total. The Morgan fingerprint density at radius 3 is 2.62 bits per heavy atom. The standard InChI is InChI=1S/C35H52ClN3O6/c1-10-26-20-35(37,44-21-40)14-12-11-13-22(2)15-25-16-28(32(36)30(17-25)43-9)39(8)31(42)19-27(18-29(41)24(4)38(6)7)34(5)33(45-34)23(26)3/h11-13,16-17,21,23-24,26-27,33H,10,14-15,18-20,37H2,1-9H3/b12-11+,22-13+/t23-,24?,26?,27+,33?,34?,35-/m1/s1. The predicted octanol–water partition coefficient (Wildman–Crippen LogP) is 5.71. The third-order valence-corrected chi connectivity index (χ3v) is 10.3. The van der Waals surface area contributed by atoms with E-state index in [1.54, 1.807) is 19.1 Å². The van der Waals surface area contributed by atoms with Gasteiger partial charge in [-0.2, -0.15) is 0 Å². The monoisotopic (exact) mass is 645 g/mol. The lowest BCUT2D eigenvalue weighted by atomic mass is 9.75. The number of epoxide rings is 1. The highest BCUT2D eigenvalue weighted by molar-refractivity contribution is 6.35. The van der Waals surface area contributed by atoms with Gasteiger partial charge in [0, 0.05) is 38.6 Å². The molecule has 3 rings (SSSR count). The third kappa shape index (κ3) is 8.76. The van der Waals surface area contributed by atoms with E-state index in [-0.39, 0.29) is 54.4 Å². The molecule has 4 unspecified atom stereocenters. The minimum Gasteiger partial charge on any atom is -0.495 e. The number of anilines is 1.